The summed E-state index contributed by atoms with van der Waals surface area (Å²) in [6, 6.07) is -0.104. The maximum absolute atomic E-state index is 5.88. The highest BCUT2D eigenvalue weighted by atomic mass is 35.5. The van der Waals surface area contributed by atoms with Crippen molar-refractivity contribution in [2.24, 2.45) is 5.73 Å². The van der Waals surface area contributed by atoms with Gasteiger partial charge in [-0.3, -0.25) is 4.98 Å². The second-order valence-electron chi connectivity index (χ2n) is 2.53. The first kappa shape index (κ1) is 9.78. The Bertz CT molecular complexity index is 256. The molecule has 12 heavy (non-hydrogen) atoms. The van der Waals surface area contributed by atoms with E-state index >= 15 is 0 Å². The van der Waals surface area contributed by atoms with E-state index in [0.717, 1.165) is 12.0 Å². The molecule has 1 atom stereocenters. The van der Waals surface area contributed by atoms with Crippen LogP contribution < -0.4 is 5.73 Å². The van der Waals surface area contributed by atoms with Gasteiger partial charge in [-0.25, -0.2) is 0 Å². The zero-order valence-electron chi connectivity index (χ0n) is 6.72. The first-order valence-corrected chi connectivity index (χ1v) is 4.47. The number of rotatable bonds is 2. The molecule has 66 valence electrons. The lowest BCUT2D eigenvalue weighted by Crippen LogP contribution is -2.10. The van der Waals surface area contributed by atoms with Crippen LogP contribution >= 0.6 is 23.2 Å². The third-order valence-corrected chi connectivity index (χ3v) is 2.30. The van der Waals surface area contributed by atoms with Crippen molar-refractivity contribution in [2.75, 3.05) is 0 Å². The quantitative estimate of drug-likeness (QED) is 0.806. The monoisotopic (exact) mass is 204 g/mol. The van der Waals surface area contributed by atoms with Crippen LogP contribution in [0.2, 0.25) is 10.0 Å². The predicted octanol–water partition coefficient (Wildman–Crippen LogP) is 2.80. The molecule has 0 aromatic carbocycles. The normalized spacial score (nSPS) is 13.0. The number of hydrogen-bond acceptors (Lipinski definition) is 2. The van der Waals surface area contributed by atoms with Gasteiger partial charge in [-0.2, -0.15) is 0 Å². The maximum Gasteiger partial charge on any atom is 0.0651 e. The van der Waals surface area contributed by atoms with Crippen molar-refractivity contribution < 1.29 is 0 Å². The standard InChI is InChI=1S/C8H10Cl2N2/c1-2-7(11)8-5(9)3-12-4-6(8)10/h3-4,7H,2,11H2,1H3. The van der Waals surface area contributed by atoms with E-state index in [2.05, 4.69) is 4.98 Å². The Kier molecular flexibility index (Phi) is 3.32. The van der Waals surface area contributed by atoms with Gasteiger partial charge in [-0.05, 0) is 6.42 Å². The Labute approximate surface area is 81.7 Å². The van der Waals surface area contributed by atoms with Crippen LogP contribution in [-0.2, 0) is 0 Å². The molecule has 0 bridgehead atoms. The second-order valence-corrected chi connectivity index (χ2v) is 3.35. The van der Waals surface area contributed by atoms with E-state index in [9.17, 15) is 0 Å². The van der Waals surface area contributed by atoms with E-state index in [-0.39, 0.29) is 6.04 Å². The Hall–Kier alpha value is -0.310. The van der Waals surface area contributed by atoms with E-state index in [0.29, 0.717) is 10.0 Å². The van der Waals surface area contributed by atoms with Gasteiger partial charge in [0.25, 0.3) is 0 Å². The Balaban J connectivity index is 3.12. The Morgan fingerprint density at radius 2 is 1.92 bits per heavy atom. The summed E-state index contributed by atoms with van der Waals surface area (Å²) in [6.07, 6.45) is 3.92. The average molecular weight is 205 g/mol. The summed E-state index contributed by atoms with van der Waals surface area (Å²) < 4.78 is 0. The van der Waals surface area contributed by atoms with Crippen LogP contribution in [0.5, 0.6) is 0 Å². The van der Waals surface area contributed by atoms with Crippen molar-refractivity contribution in [3.8, 4) is 0 Å². The second kappa shape index (κ2) is 4.08. The average Bonchev–Trinajstić information content (AvgIpc) is 2.03. The van der Waals surface area contributed by atoms with Gasteiger partial charge in [0.15, 0.2) is 0 Å². The molecule has 1 rings (SSSR count). The predicted molar refractivity (Wildman–Crippen MR) is 51.5 cm³/mol. The van der Waals surface area contributed by atoms with Crippen LogP contribution in [0.25, 0.3) is 0 Å². The first-order chi connectivity index (χ1) is 5.66. The van der Waals surface area contributed by atoms with Gasteiger partial charge < -0.3 is 5.73 Å². The Morgan fingerprint density at radius 3 is 2.33 bits per heavy atom. The van der Waals surface area contributed by atoms with Crippen LogP contribution in [0.3, 0.4) is 0 Å². The summed E-state index contributed by atoms with van der Waals surface area (Å²) in [5.74, 6) is 0. The van der Waals surface area contributed by atoms with Gasteiger partial charge in [-0.1, -0.05) is 30.1 Å². The molecule has 1 heterocycles. The molecule has 2 nitrogen and oxygen atoms in total. The Morgan fingerprint density at radius 1 is 1.42 bits per heavy atom. The molecular weight excluding hydrogens is 195 g/mol. The number of nitrogens with zero attached hydrogens (tertiary/aromatic N) is 1. The lowest BCUT2D eigenvalue weighted by atomic mass is 10.1. The zero-order chi connectivity index (χ0) is 9.14. The molecule has 0 aliphatic heterocycles. The molecular formula is C8H10Cl2N2. The lowest BCUT2D eigenvalue weighted by molar-refractivity contribution is 0.698. The lowest BCUT2D eigenvalue weighted by Gasteiger charge is -2.11. The highest BCUT2D eigenvalue weighted by Crippen LogP contribution is 2.29. The van der Waals surface area contributed by atoms with Crippen LogP contribution in [0.15, 0.2) is 12.4 Å². The van der Waals surface area contributed by atoms with Gasteiger partial charge in [0, 0.05) is 24.0 Å². The number of hydrogen-bond donors (Lipinski definition) is 1. The van der Waals surface area contributed by atoms with Crippen molar-refractivity contribution >= 4 is 23.2 Å². The molecule has 2 N–H and O–H groups in total. The summed E-state index contributed by atoms with van der Waals surface area (Å²) in [4.78, 5) is 3.84. The van der Waals surface area contributed by atoms with Crippen molar-refractivity contribution in [3.63, 3.8) is 0 Å². The number of aromatic nitrogens is 1. The fraction of sp³-hybridized carbons (Fsp3) is 0.375. The zero-order valence-corrected chi connectivity index (χ0v) is 8.23. The third kappa shape index (κ3) is 1.89. The summed E-state index contributed by atoms with van der Waals surface area (Å²) in [5, 5.41) is 1.08. The molecule has 1 aromatic heterocycles. The molecule has 1 aromatic rings. The molecule has 0 spiro atoms. The third-order valence-electron chi connectivity index (χ3n) is 1.70. The molecule has 1 unspecified atom stereocenters. The molecule has 4 heteroatoms. The van der Waals surface area contributed by atoms with E-state index in [1.54, 1.807) is 12.4 Å². The van der Waals surface area contributed by atoms with E-state index < -0.39 is 0 Å². The molecule has 0 radical (unpaired) electrons. The highest BCUT2D eigenvalue weighted by molar-refractivity contribution is 6.35. The van der Waals surface area contributed by atoms with Crippen LogP contribution in [0, 0.1) is 0 Å². The molecule has 0 saturated heterocycles. The van der Waals surface area contributed by atoms with Gasteiger partial charge in [0.05, 0.1) is 10.0 Å². The number of pyridine rings is 1. The number of nitrogens with two attached hydrogens (primary N) is 1. The smallest absolute Gasteiger partial charge is 0.0651 e. The number of halogens is 2. The summed E-state index contributed by atoms with van der Waals surface area (Å²) >= 11 is 11.8. The van der Waals surface area contributed by atoms with Crippen molar-refractivity contribution in [2.45, 2.75) is 19.4 Å². The minimum Gasteiger partial charge on any atom is -0.324 e. The summed E-state index contributed by atoms with van der Waals surface area (Å²) in [6.45, 7) is 1.98. The molecule has 0 saturated carbocycles. The van der Waals surface area contributed by atoms with Crippen molar-refractivity contribution in [1.82, 2.24) is 4.98 Å². The topological polar surface area (TPSA) is 38.9 Å². The van der Waals surface area contributed by atoms with E-state index in [4.69, 9.17) is 28.9 Å². The van der Waals surface area contributed by atoms with Crippen LogP contribution in [0.4, 0.5) is 0 Å². The minimum atomic E-state index is -0.104. The van der Waals surface area contributed by atoms with Gasteiger partial charge in [-0.15, -0.1) is 0 Å². The van der Waals surface area contributed by atoms with Gasteiger partial charge in [0.1, 0.15) is 0 Å². The van der Waals surface area contributed by atoms with E-state index in [1.165, 1.54) is 0 Å². The van der Waals surface area contributed by atoms with Crippen molar-refractivity contribution in [1.29, 1.82) is 0 Å². The van der Waals surface area contributed by atoms with Crippen LogP contribution in [-0.4, -0.2) is 4.98 Å². The SMILES string of the molecule is CCC(N)c1c(Cl)cncc1Cl. The maximum atomic E-state index is 5.88. The van der Waals surface area contributed by atoms with Gasteiger partial charge >= 0.3 is 0 Å². The minimum absolute atomic E-state index is 0.104. The fourth-order valence-corrected chi connectivity index (χ4v) is 1.62. The highest BCUT2D eigenvalue weighted by Gasteiger charge is 2.12. The summed E-state index contributed by atoms with van der Waals surface area (Å²) in [5.41, 5.74) is 6.59. The molecule has 0 amide bonds. The largest absolute Gasteiger partial charge is 0.324 e. The van der Waals surface area contributed by atoms with Crippen LogP contribution in [0.1, 0.15) is 24.9 Å². The first-order valence-electron chi connectivity index (χ1n) is 3.71. The molecule has 0 aliphatic carbocycles. The molecule has 0 fully saturated rings. The summed E-state index contributed by atoms with van der Waals surface area (Å²) in [7, 11) is 0. The van der Waals surface area contributed by atoms with Gasteiger partial charge in [0.2, 0.25) is 0 Å². The van der Waals surface area contributed by atoms with Crippen molar-refractivity contribution in [3.05, 3.63) is 28.0 Å². The van der Waals surface area contributed by atoms with E-state index in [1.807, 2.05) is 6.92 Å². The molecule has 0 aliphatic rings. The fourth-order valence-electron chi connectivity index (χ4n) is 0.980.